The molecule has 0 unspecified atom stereocenters. The van der Waals surface area contributed by atoms with Crippen LogP contribution in [0.25, 0.3) is 10.9 Å². The molecule has 0 bridgehead atoms. The van der Waals surface area contributed by atoms with E-state index in [2.05, 4.69) is 10.3 Å². The lowest BCUT2D eigenvalue weighted by atomic mass is 10.0. The number of para-hydroxylation sites is 1. The molecule has 1 aromatic heterocycles. The molecule has 0 spiro atoms. The number of nitrogens with one attached hydrogen (secondary N) is 1. The van der Waals surface area contributed by atoms with Crippen molar-refractivity contribution in [1.82, 2.24) is 4.98 Å². The van der Waals surface area contributed by atoms with Crippen LogP contribution in [0.2, 0.25) is 0 Å². The Balaban J connectivity index is 2.60. The first-order chi connectivity index (χ1) is 9.72. The van der Waals surface area contributed by atoms with E-state index >= 15 is 0 Å². The van der Waals surface area contributed by atoms with Crippen LogP contribution in [0, 0.1) is 0 Å². The van der Waals surface area contributed by atoms with E-state index < -0.39 is 5.97 Å². The van der Waals surface area contributed by atoms with Crippen LogP contribution in [0.4, 0.5) is 5.69 Å². The number of benzene rings is 1. The van der Waals surface area contributed by atoms with Gasteiger partial charge in [-0.15, -0.1) is 0 Å². The smallest absolute Gasteiger partial charge is 0.341 e. The van der Waals surface area contributed by atoms with Crippen LogP contribution in [0.5, 0.6) is 0 Å². The summed E-state index contributed by atoms with van der Waals surface area (Å²) in [7, 11) is 4.82. The summed E-state index contributed by atoms with van der Waals surface area (Å²) in [6, 6.07) is 5.92. The van der Waals surface area contributed by atoms with Crippen LogP contribution in [0.15, 0.2) is 24.4 Å². The van der Waals surface area contributed by atoms with Gasteiger partial charge in [0.2, 0.25) is 0 Å². The maximum absolute atomic E-state index is 11.8. The molecule has 0 amide bonds. The van der Waals surface area contributed by atoms with E-state index in [9.17, 15) is 4.79 Å². The van der Waals surface area contributed by atoms with Crippen LogP contribution >= 0.6 is 0 Å². The summed E-state index contributed by atoms with van der Waals surface area (Å²) in [5.74, 6) is -0.397. The predicted molar refractivity (Wildman–Crippen MR) is 78.2 cm³/mol. The van der Waals surface area contributed by atoms with Crippen molar-refractivity contribution in [3.05, 3.63) is 35.5 Å². The minimum atomic E-state index is -0.397. The fourth-order valence-electron chi connectivity index (χ4n) is 2.23. The van der Waals surface area contributed by atoms with Crippen molar-refractivity contribution in [2.24, 2.45) is 0 Å². The fraction of sp³-hybridized carbons (Fsp3) is 0.333. The van der Waals surface area contributed by atoms with Gasteiger partial charge in [0.25, 0.3) is 0 Å². The molecule has 5 heteroatoms. The number of fused-ring (bicyclic) bond motifs is 1. The Labute approximate surface area is 117 Å². The number of anilines is 1. The van der Waals surface area contributed by atoms with Gasteiger partial charge in [-0.1, -0.05) is 18.2 Å². The minimum absolute atomic E-state index is 0.397. The highest BCUT2D eigenvalue weighted by molar-refractivity contribution is 6.05. The summed E-state index contributed by atoms with van der Waals surface area (Å²) in [4.78, 5) is 16.2. The highest BCUT2D eigenvalue weighted by atomic mass is 16.5. The Morgan fingerprint density at radius 2 is 2.15 bits per heavy atom. The minimum Gasteiger partial charge on any atom is -0.465 e. The second-order valence-electron chi connectivity index (χ2n) is 4.34. The molecule has 0 fully saturated rings. The van der Waals surface area contributed by atoms with E-state index in [0.717, 1.165) is 28.6 Å². The molecule has 2 rings (SSSR count). The second kappa shape index (κ2) is 6.34. The Morgan fingerprint density at radius 1 is 1.35 bits per heavy atom. The number of hydrogen-bond acceptors (Lipinski definition) is 5. The number of carbonyl (C=O) groups is 1. The van der Waals surface area contributed by atoms with Gasteiger partial charge >= 0.3 is 5.97 Å². The monoisotopic (exact) mass is 274 g/mol. The molecule has 0 saturated carbocycles. The molecular formula is C15H18N2O3. The Morgan fingerprint density at radius 3 is 2.80 bits per heavy atom. The molecule has 20 heavy (non-hydrogen) atoms. The van der Waals surface area contributed by atoms with E-state index in [4.69, 9.17) is 9.47 Å². The normalized spacial score (nSPS) is 10.6. The van der Waals surface area contributed by atoms with E-state index in [1.165, 1.54) is 7.11 Å². The number of aromatic nitrogens is 1. The summed E-state index contributed by atoms with van der Waals surface area (Å²) >= 11 is 0. The molecule has 0 radical (unpaired) electrons. The van der Waals surface area contributed by atoms with Gasteiger partial charge in [0.15, 0.2) is 0 Å². The van der Waals surface area contributed by atoms with Crippen molar-refractivity contribution in [1.29, 1.82) is 0 Å². The van der Waals surface area contributed by atoms with Gasteiger partial charge in [0.05, 0.1) is 24.9 Å². The first-order valence-electron chi connectivity index (χ1n) is 6.38. The standard InChI is InChI=1S/C15H18N2O3/c1-16-14-11-6-4-5-10(7-8-19-2)13(11)17-9-12(14)15(18)20-3/h4-6,9H,7-8H2,1-3H3,(H,16,17). The van der Waals surface area contributed by atoms with Gasteiger partial charge in [0, 0.05) is 25.7 Å². The molecule has 1 N–H and O–H groups in total. The highest BCUT2D eigenvalue weighted by Crippen LogP contribution is 2.28. The average molecular weight is 274 g/mol. The van der Waals surface area contributed by atoms with Gasteiger partial charge in [0.1, 0.15) is 5.56 Å². The molecule has 1 aromatic carbocycles. The third kappa shape index (κ3) is 2.58. The van der Waals surface area contributed by atoms with E-state index in [-0.39, 0.29) is 0 Å². The Bertz CT molecular complexity index is 626. The molecule has 2 aromatic rings. The number of methoxy groups -OCH3 is 2. The molecule has 0 aliphatic heterocycles. The first-order valence-corrected chi connectivity index (χ1v) is 6.38. The van der Waals surface area contributed by atoms with Crippen molar-refractivity contribution in [3.8, 4) is 0 Å². The Kier molecular flexibility index (Phi) is 4.53. The quantitative estimate of drug-likeness (QED) is 0.847. The Hall–Kier alpha value is -2.14. The molecule has 0 aliphatic carbocycles. The molecule has 5 nitrogen and oxygen atoms in total. The van der Waals surface area contributed by atoms with Gasteiger partial charge in [-0.25, -0.2) is 4.79 Å². The van der Waals surface area contributed by atoms with E-state index in [0.29, 0.717) is 12.2 Å². The highest BCUT2D eigenvalue weighted by Gasteiger charge is 2.16. The molecule has 0 saturated heterocycles. The van der Waals surface area contributed by atoms with Crippen LogP contribution in [-0.4, -0.2) is 38.8 Å². The predicted octanol–water partition coefficient (Wildman–Crippen LogP) is 2.25. The second-order valence-corrected chi connectivity index (χ2v) is 4.34. The third-order valence-corrected chi connectivity index (χ3v) is 3.21. The van der Waals surface area contributed by atoms with Crippen LogP contribution in [-0.2, 0) is 15.9 Å². The van der Waals surface area contributed by atoms with Crippen molar-refractivity contribution in [3.63, 3.8) is 0 Å². The summed E-state index contributed by atoms with van der Waals surface area (Å²) in [6.07, 6.45) is 2.33. The zero-order valence-electron chi connectivity index (χ0n) is 11.9. The average Bonchev–Trinajstić information content (AvgIpc) is 2.50. The number of hydrogen-bond donors (Lipinski definition) is 1. The molecule has 106 valence electrons. The lowest BCUT2D eigenvalue weighted by molar-refractivity contribution is 0.0601. The lowest BCUT2D eigenvalue weighted by Crippen LogP contribution is -2.08. The summed E-state index contributed by atoms with van der Waals surface area (Å²) in [6.45, 7) is 0.633. The number of carbonyl (C=O) groups excluding carboxylic acids is 1. The van der Waals surface area contributed by atoms with Crippen molar-refractivity contribution in [2.75, 3.05) is 33.2 Å². The summed E-state index contributed by atoms with van der Waals surface area (Å²) < 4.78 is 9.90. The zero-order valence-corrected chi connectivity index (χ0v) is 11.9. The maximum atomic E-state index is 11.8. The van der Waals surface area contributed by atoms with Crippen molar-refractivity contribution in [2.45, 2.75) is 6.42 Å². The van der Waals surface area contributed by atoms with Gasteiger partial charge in [-0.2, -0.15) is 0 Å². The van der Waals surface area contributed by atoms with Gasteiger partial charge in [-0.05, 0) is 12.0 Å². The fourth-order valence-corrected chi connectivity index (χ4v) is 2.23. The van der Waals surface area contributed by atoms with Crippen LogP contribution in [0.3, 0.4) is 0 Å². The van der Waals surface area contributed by atoms with Crippen LogP contribution < -0.4 is 5.32 Å². The number of esters is 1. The van der Waals surface area contributed by atoms with Crippen LogP contribution in [0.1, 0.15) is 15.9 Å². The van der Waals surface area contributed by atoms with Gasteiger partial charge < -0.3 is 14.8 Å². The largest absolute Gasteiger partial charge is 0.465 e. The van der Waals surface area contributed by atoms with Gasteiger partial charge in [-0.3, -0.25) is 4.98 Å². The lowest BCUT2D eigenvalue weighted by Gasteiger charge is -2.12. The van der Waals surface area contributed by atoms with Crippen molar-refractivity contribution < 1.29 is 14.3 Å². The number of nitrogens with zero attached hydrogens (tertiary/aromatic N) is 1. The molecule has 0 atom stereocenters. The summed E-state index contributed by atoms with van der Waals surface area (Å²) in [5, 5.41) is 3.97. The SMILES string of the molecule is CNc1c(C(=O)OC)cnc2c(CCOC)cccc12. The molecular weight excluding hydrogens is 256 g/mol. The first kappa shape index (κ1) is 14.3. The molecule has 1 heterocycles. The summed E-state index contributed by atoms with van der Waals surface area (Å²) in [5.41, 5.74) is 3.14. The van der Waals surface area contributed by atoms with Crippen molar-refractivity contribution >= 4 is 22.6 Å². The zero-order chi connectivity index (χ0) is 14.5. The van der Waals surface area contributed by atoms with E-state index in [1.54, 1.807) is 20.4 Å². The topological polar surface area (TPSA) is 60.5 Å². The number of ether oxygens (including phenoxy) is 2. The number of pyridine rings is 1. The maximum Gasteiger partial charge on any atom is 0.341 e. The third-order valence-electron chi connectivity index (χ3n) is 3.21. The number of rotatable bonds is 5. The van der Waals surface area contributed by atoms with E-state index in [1.807, 2.05) is 18.2 Å². The molecule has 0 aliphatic rings.